The molecule has 8 heavy (non-hydrogen) atoms. The maximum atomic E-state index is 5.07. The predicted octanol–water partition coefficient (Wildman–Crippen LogP) is 2.50. The van der Waals surface area contributed by atoms with Crippen LogP contribution < -0.4 is 0 Å². The lowest BCUT2D eigenvalue weighted by molar-refractivity contribution is 1.06. The van der Waals surface area contributed by atoms with Crippen molar-refractivity contribution in [3.63, 3.8) is 0 Å². The number of hydrogen-bond acceptors (Lipinski definition) is 0. The number of hydrogen-bond donors (Lipinski definition) is 0. The van der Waals surface area contributed by atoms with Crippen LogP contribution in [0.4, 0.5) is 0 Å². The molecule has 0 aromatic carbocycles. The van der Waals surface area contributed by atoms with E-state index in [2.05, 4.69) is 6.58 Å². The van der Waals surface area contributed by atoms with Gasteiger partial charge in [-0.1, -0.05) is 30.9 Å². The molecule has 0 amide bonds. The maximum absolute atomic E-state index is 5.07. The van der Waals surface area contributed by atoms with Crippen molar-refractivity contribution in [1.29, 1.82) is 0 Å². The van der Waals surface area contributed by atoms with Crippen molar-refractivity contribution in [2.45, 2.75) is 12.8 Å². The molecule has 0 aliphatic heterocycles. The van der Waals surface area contributed by atoms with Crippen molar-refractivity contribution in [1.82, 2.24) is 0 Å². The van der Waals surface area contributed by atoms with Gasteiger partial charge in [0.05, 0.1) is 0 Å². The molecule has 0 aromatic heterocycles. The van der Waals surface area contributed by atoms with Gasteiger partial charge in [-0.05, 0) is 12.8 Å². The Morgan fingerprint density at radius 3 is 2.62 bits per heavy atom. The van der Waals surface area contributed by atoms with Crippen molar-refractivity contribution in [2.75, 3.05) is 0 Å². The maximum Gasteiger partial charge on any atom is -0.0313 e. The summed E-state index contributed by atoms with van der Waals surface area (Å²) in [6.07, 6.45) is 9.34. The first-order chi connectivity index (χ1) is 3.91. The third kappa shape index (κ3) is 5.22. The molecule has 0 aromatic rings. The summed E-state index contributed by atoms with van der Waals surface area (Å²) in [5.41, 5.74) is 0. The van der Waals surface area contributed by atoms with Crippen LogP contribution in [0.25, 0.3) is 0 Å². The number of unbranched alkanes of at least 4 members (excludes halogenated alkanes) is 1. The fourth-order valence-corrected chi connectivity index (χ4v) is 0.389. The van der Waals surface area contributed by atoms with Crippen molar-refractivity contribution in [3.05, 3.63) is 37.5 Å². The van der Waals surface area contributed by atoms with E-state index in [9.17, 15) is 0 Å². The smallest absolute Gasteiger partial charge is 0.0313 e. The highest BCUT2D eigenvalue weighted by Crippen LogP contribution is 1.89. The fraction of sp³-hybridized carbons (Fsp3) is 0.250. The van der Waals surface area contributed by atoms with Gasteiger partial charge in [0.2, 0.25) is 0 Å². The van der Waals surface area contributed by atoms with Gasteiger partial charge in [-0.15, -0.1) is 6.58 Å². The van der Waals surface area contributed by atoms with E-state index in [4.69, 9.17) is 6.58 Å². The fourth-order valence-electron chi connectivity index (χ4n) is 0.389. The van der Waals surface area contributed by atoms with Crippen LogP contribution in [0.15, 0.2) is 30.9 Å². The lowest BCUT2D eigenvalue weighted by Gasteiger charge is -1.79. The van der Waals surface area contributed by atoms with E-state index in [1.54, 1.807) is 0 Å². The van der Waals surface area contributed by atoms with E-state index in [0.29, 0.717) is 0 Å². The zero-order chi connectivity index (χ0) is 6.24. The van der Waals surface area contributed by atoms with Crippen LogP contribution in [0.3, 0.4) is 0 Å². The average molecular weight is 107 g/mol. The Labute approximate surface area is 51.2 Å². The lowest BCUT2D eigenvalue weighted by Crippen LogP contribution is -1.59. The second-order valence-electron chi connectivity index (χ2n) is 1.49. The van der Waals surface area contributed by atoms with Gasteiger partial charge < -0.3 is 0 Å². The van der Waals surface area contributed by atoms with Crippen molar-refractivity contribution < 1.29 is 0 Å². The number of rotatable bonds is 4. The molecule has 0 bridgehead atoms. The highest BCUT2D eigenvalue weighted by Gasteiger charge is 1.69. The van der Waals surface area contributed by atoms with Gasteiger partial charge in [-0.3, -0.25) is 0 Å². The summed E-state index contributed by atoms with van der Waals surface area (Å²) in [4.78, 5) is 0. The molecule has 43 valence electrons. The molecule has 0 aliphatic carbocycles. The van der Waals surface area contributed by atoms with Crippen LogP contribution in [-0.4, -0.2) is 0 Å². The van der Waals surface area contributed by atoms with Crippen LogP contribution in [0, 0.1) is 6.58 Å². The summed E-state index contributed by atoms with van der Waals surface area (Å²) in [6.45, 7) is 8.66. The first-order valence-corrected chi connectivity index (χ1v) is 2.72. The Balaban J connectivity index is 3.02. The van der Waals surface area contributed by atoms with E-state index >= 15 is 0 Å². The van der Waals surface area contributed by atoms with Crippen LogP contribution in [0.2, 0.25) is 0 Å². The SMILES string of the molecule is [CH]=C/C=C/CCC=C. The molecule has 0 N–H and O–H groups in total. The lowest BCUT2D eigenvalue weighted by atomic mass is 10.3. The van der Waals surface area contributed by atoms with Crippen molar-refractivity contribution in [2.24, 2.45) is 0 Å². The summed E-state index contributed by atoms with van der Waals surface area (Å²) < 4.78 is 0. The van der Waals surface area contributed by atoms with E-state index in [0.717, 1.165) is 12.8 Å². The molecule has 0 unspecified atom stereocenters. The van der Waals surface area contributed by atoms with Crippen molar-refractivity contribution >= 4 is 0 Å². The molecule has 1 radical (unpaired) electrons. The topological polar surface area (TPSA) is 0 Å². The molecular formula is C8H11. The first-order valence-electron chi connectivity index (χ1n) is 2.72. The second-order valence-corrected chi connectivity index (χ2v) is 1.49. The molecule has 0 heteroatoms. The minimum absolute atomic E-state index is 1.03. The molecule has 0 spiro atoms. The van der Waals surface area contributed by atoms with Gasteiger partial charge in [0.25, 0.3) is 0 Å². The molecule has 0 saturated heterocycles. The van der Waals surface area contributed by atoms with E-state index in [-0.39, 0.29) is 0 Å². The third-order valence-corrected chi connectivity index (χ3v) is 0.785. The predicted molar refractivity (Wildman–Crippen MR) is 37.4 cm³/mol. The molecule has 0 fully saturated rings. The Hall–Kier alpha value is -0.780. The van der Waals surface area contributed by atoms with E-state index < -0.39 is 0 Å². The molecule has 0 aliphatic rings. The van der Waals surface area contributed by atoms with Gasteiger partial charge in [0, 0.05) is 0 Å². The highest BCUT2D eigenvalue weighted by atomic mass is 13.8. The van der Waals surface area contributed by atoms with E-state index in [1.165, 1.54) is 6.08 Å². The molecule has 0 nitrogen and oxygen atoms in total. The monoisotopic (exact) mass is 107 g/mol. The number of allylic oxidation sites excluding steroid dienone is 4. The molecule has 0 saturated carbocycles. The largest absolute Gasteiger partial charge is 0.103 e. The summed E-state index contributed by atoms with van der Waals surface area (Å²) in [5, 5.41) is 0. The van der Waals surface area contributed by atoms with Crippen LogP contribution in [0.1, 0.15) is 12.8 Å². The minimum atomic E-state index is 1.03. The Morgan fingerprint density at radius 1 is 1.38 bits per heavy atom. The van der Waals surface area contributed by atoms with Crippen molar-refractivity contribution in [3.8, 4) is 0 Å². The zero-order valence-electron chi connectivity index (χ0n) is 5.01. The quantitative estimate of drug-likeness (QED) is 0.294. The second kappa shape index (κ2) is 6.22. The Bertz CT molecular complexity index is 88.2. The first kappa shape index (κ1) is 7.22. The van der Waals surface area contributed by atoms with Crippen LogP contribution in [0.5, 0.6) is 0 Å². The Morgan fingerprint density at radius 2 is 2.12 bits per heavy atom. The zero-order valence-corrected chi connectivity index (χ0v) is 5.01. The van der Waals surface area contributed by atoms with Crippen LogP contribution >= 0.6 is 0 Å². The van der Waals surface area contributed by atoms with E-state index in [1.807, 2.05) is 18.2 Å². The normalized spacial score (nSPS) is 9.50. The van der Waals surface area contributed by atoms with Gasteiger partial charge in [-0.2, -0.15) is 0 Å². The molecular weight excluding hydrogens is 96.1 g/mol. The summed E-state index contributed by atoms with van der Waals surface area (Å²) in [7, 11) is 0. The summed E-state index contributed by atoms with van der Waals surface area (Å²) >= 11 is 0. The Kier molecular flexibility index (Phi) is 5.61. The van der Waals surface area contributed by atoms with Gasteiger partial charge in [0.15, 0.2) is 0 Å². The molecule has 0 heterocycles. The van der Waals surface area contributed by atoms with Crippen LogP contribution in [-0.2, 0) is 0 Å². The van der Waals surface area contributed by atoms with Gasteiger partial charge in [0.1, 0.15) is 0 Å². The molecule has 0 rings (SSSR count). The summed E-state index contributed by atoms with van der Waals surface area (Å²) in [6, 6.07) is 0. The highest BCUT2D eigenvalue weighted by molar-refractivity contribution is 4.96. The minimum Gasteiger partial charge on any atom is -0.103 e. The third-order valence-electron chi connectivity index (χ3n) is 0.785. The van der Waals surface area contributed by atoms with Gasteiger partial charge >= 0.3 is 0 Å². The van der Waals surface area contributed by atoms with Gasteiger partial charge in [-0.25, -0.2) is 0 Å². The standard InChI is InChI=1S/C8H11/c1-3-5-7-8-6-4-2/h1,3-5,7H,2,6,8H2/b3-1?,7-5+. The molecule has 0 atom stereocenters. The summed E-state index contributed by atoms with van der Waals surface area (Å²) in [5.74, 6) is 0. The average Bonchev–Trinajstić information content (AvgIpc) is 1.81.